The smallest absolute Gasteiger partial charge is 0.157 e. The Morgan fingerprint density at radius 2 is 2.14 bits per heavy atom. The fourth-order valence-corrected chi connectivity index (χ4v) is 2.35. The summed E-state index contributed by atoms with van der Waals surface area (Å²) in [7, 11) is 1.93. The van der Waals surface area contributed by atoms with Crippen LogP contribution < -0.4 is 5.32 Å². The van der Waals surface area contributed by atoms with E-state index in [1.165, 1.54) is 5.56 Å². The quantitative estimate of drug-likeness (QED) is 0.759. The van der Waals surface area contributed by atoms with Gasteiger partial charge in [-0.15, -0.1) is 0 Å². The molecule has 2 rings (SSSR count). The van der Waals surface area contributed by atoms with Crippen LogP contribution >= 0.6 is 0 Å². The highest BCUT2D eigenvalue weighted by Crippen LogP contribution is 2.16. The van der Waals surface area contributed by atoms with Gasteiger partial charge in [0.25, 0.3) is 0 Å². The predicted molar refractivity (Wildman–Crippen MR) is 85.3 cm³/mol. The summed E-state index contributed by atoms with van der Waals surface area (Å²) < 4.78 is 7.35. The SMILES string of the molecule is Cc1nn(C)c2ncc(CNCCCCOC(C)C)cc12. The highest BCUT2D eigenvalue weighted by molar-refractivity contribution is 5.78. The molecule has 0 bridgehead atoms. The minimum Gasteiger partial charge on any atom is -0.379 e. The molecule has 0 aromatic carbocycles. The monoisotopic (exact) mass is 290 g/mol. The maximum Gasteiger partial charge on any atom is 0.157 e. The molecule has 0 aliphatic heterocycles. The molecule has 0 aliphatic carbocycles. The van der Waals surface area contributed by atoms with E-state index in [1.807, 2.05) is 24.9 Å². The van der Waals surface area contributed by atoms with Gasteiger partial charge < -0.3 is 10.1 Å². The summed E-state index contributed by atoms with van der Waals surface area (Å²) in [6, 6.07) is 2.18. The maximum atomic E-state index is 5.52. The Morgan fingerprint density at radius 1 is 1.33 bits per heavy atom. The molecule has 0 fully saturated rings. The molecule has 2 heterocycles. The van der Waals surface area contributed by atoms with E-state index in [9.17, 15) is 0 Å². The summed E-state index contributed by atoms with van der Waals surface area (Å²) in [5.74, 6) is 0. The third kappa shape index (κ3) is 4.51. The number of ether oxygens (including phenoxy) is 1. The van der Waals surface area contributed by atoms with Gasteiger partial charge in [0.2, 0.25) is 0 Å². The Bertz CT molecular complexity index is 577. The second-order valence-corrected chi connectivity index (χ2v) is 5.73. The van der Waals surface area contributed by atoms with E-state index in [-0.39, 0.29) is 0 Å². The van der Waals surface area contributed by atoms with Crippen molar-refractivity contribution < 1.29 is 4.74 Å². The van der Waals surface area contributed by atoms with Crippen LogP contribution in [0, 0.1) is 6.92 Å². The number of aromatic nitrogens is 3. The van der Waals surface area contributed by atoms with E-state index in [0.717, 1.165) is 49.3 Å². The second kappa shape index (κ2) is 7.52. The van der Waals surface area contributed by atoms with Gasteiger partial charge in [-0.05, 0) is 51.8 Å². The summed E-state index contributed by atoms with van der Waals surface area (Å²) in [5.41, 5.74) is 3.19. The molecule has 2 aromatic heterocycles. The first-order valence-corrected chi connectivity index (χ1v) is 7.68. The van der Waals surface area contributed by atoms with Gasteiger partial charge in [-0.25, -0.2) is 4.98 Å². The number of hydrogen-bond acceptors (Lipinski definition) is 4. The van der Waals surface area contributed by atoms with E-state index in [4.69, 9.17) is 4.74 Å². The molecule has 0 unspecified atom stereocenters. The molecule has 0 amide bonds. The Kier molecular flexibility index (Phi) is 5.70. The fraction of sp³-hybridized carbons (Fsp3) is 0.625. The number of nitrogens with zero attached hydrogens (tertiary/aromatic N) is 3. The van der Waals surface area contributed by atoms with E-state index >= 15 is 0 Å². The van der Waals surface area contributed by atoms with Crippen LogP contribution in [0.4, 0.5) is 0 Å². The molecule has 0 aliphatic rings. The Labute approximate surface area is 126 Å². The molecule has 0 saturated heterocycles. The maximum absolute atomic E-state index is 5.52. The van der Waals surface area contributed by atoms with Gasteiger partial charge in [-0.3, -0.25) is 4.68 Å². The van der Waals surface area contributed by atoms with Crippen molar-refractivity contribution in [3.63, 3.8) is 0 Å². The van der Waals surface area contributed by atoms with Crippen molar-refractivity contribution in [2.24, 2.45) is 7.05 Å². The number of fused-ring (bicyclic) bond motifs is 1. The van der Waals surface area contributed by atoms with Gasteiger partial charge in [0.1, 0.15) is 0 Å². The molecule has 5 nitrogen and oxygen atoms in total. The summed E-state index contributed by atoms with van der Waals surface area (Å²) in [4.78, 5) is 4.49. The standard InChI is InChI=1S/C16H26N4O/c1-12(2)21-8-6-5-7-17-10-14-9-15-13(3)19-20(4)16(15)18-11-14/h9,11-12,17H,5-8,10H2,1-4H3. The van der Waals surface area contributed by atoms with Gasteiger partial charge >= 0.3 is 0 Å². The fourth-order valence-electron chi connectivity index (χ4n) is 2.35. The molecule has 21 heavy (non-hydrogen) atoms. The minimum absolute atomic E-state index is 0.332. The summed E-state index contributed by atoms with van der Waals surface area (Å²) in [5, 5.41) is 8.99. The zero-order valence-corrected chi connectivity index (χ0v) is 13.5. The van der Waals surface area contributed by atoms with Crippen LogP contribution in [0.3, 0.4) is 0 Å². The van der Waals surface area contributed by atoms with Crippen LogP contribution in [0.1, 0.15) is 37.9 Å². The number of aryl methyl sites for hydroxylation is 2. The Morgan fingerprint density at radius 3 is 2.90 bits per heavy atom. The number of unbranched alkanes of at least 4 members (excludes halogenated alkanes) is 1. The zero-order valence-electron chi connectivity index (χ0n) is 13.5. The first-order valence-electron chi connectivity index (χ1n) is 7.68. The van der Waals surface area contributed by atoms with E-state index in [0.29, 0.717) is 6.10 Å². The lowest BCUT2D eigenvalue weighted by atomic mass is 10.2. The van der Waals surface area contributed by atoms with Crippen molar-refractivity contribution in [3.8, 4) is 0 Å². The summed E-state index contributed by atoms with van der Waals surface area (Å²) >= 11 is 0. The number of hydrogen-bond donors (Lipinski definition) is 1. The lowest BCUT2D eigenvalue weighted by molar-refractivity contribution is 0.0760. The van der Waals surface area contributed by atoms with Gasteiger partial charge in [0.15, 0.2) is 5.65 Å². The molecule has 0 saturated carbocycles. The van der Waals surface area contributed by atoms with Gasteiger partial charge in [0.05, 0.1) is 11.8 Å². The van der Waals surface area contributed by atoms with Crippen molar-refractivity contribution in [3.05, 3.63) is 23.5 Å². The normalized spacial score (nSPS) is 11.7. The molecule has 0 spiro atoms. The predicted octanol–water partition coefficient (Wildman–Crippen LogP) is 2.57. The van der Waals surface area contributed by atoms with Crippen LogP contribution in [-0.2, 0) is 18.3 Å². The average Bonchev–Trinajstić information content (AvgIpc) is 2.72. The molecule has 1 N–H and O–H groups in total. The number of rotatable bonds is 8. The molecule has 2 aromatic rings. The lowest BCUT2D eigenvalue weighted by Crippen LogP contribution is -2.15. The number of nitrogens with one attached hydrogen (secondary N) is 1. The van der Waals surface area contributed by atoms with Crippen LogP contribution in [0.25, 0.3) is 11.0 Å². The van der Waals surface area contributed by atoms with Crippen molar-refractivity contribution in [1.82, 2.24) is 20.1 Å². The van der Waals surface area contributed by atoms with Crippen LogP contribution in [0.5, 0.6) is 0 Å². The highest BCUT2D eigenvalue weighted by Gasteiger charge is 2.06. The van der Waals surface area contributed by atoms with Crippen LogP contribution in [0.15, 0.2) is 12.3 Å². The van der Waals surface area contributed by atoms with Gasteiger partial charge in [-0.1, -0.05) is 0 Å². The minimum atomic E-state index is 0.332. The van der Waals surface area contributed by atoms with Crippen molar-refractivity contribution >= 4 is 11.0 Å². The first-order chi connectivity index (χ1) is 10.1. The third-order valence-corrected chi connectivity index (χ3v) is 3.45. The van der Waals surface area contributed by atoms with Crippen molar-refractivity contribution in [1.29, 1.82) is 0 Å². The molecule has 0 radical (unpaired) electrons. The Hall–Kier alpha value is -1.46. The van der Waals surface area contributed by atoms with E-state index in [1.54, 1.807) is 0 Å². The molecule has 5 heteroatoms. The first kappa shape index (κ1) is 15.9. The van der Waals surface area contributed by atoms with Gasteiger partial charge in [0, 0.05) is 31.8 Å². The molecular weight excluding hydrogens is 264 g/mol. The zero-order chi connectivity index (χ0) is 15.2. The molecule has 0 atom stereocenters. The van der Waals surface area contributed by atoms with Crippen LogP contribution in [0.2, 0.25) is 0 Å². The summed E-state index contributed by atoms with van der Waals surface area (Å²) in [6.45, 7) is 8.87. The van der Waals surface area contributed by atoms with Crippen molar-refractivity contribution in [2.75, 3.05) is 13.2 Å². The molecule has 116 valence electrons. The Balaban J connectivity index is 1.75. The average molecular weight is 290 g/mol. The third-order valence-electron chi connectivity index (χ3n) is 3.45. The number of pyridine rings is 1. The van der Waals surface area contributed by atoms with Crippen LogP contribution in [-0.4, -0.2) is 34.0 Å². The second-order valence-electron chi connectivity index (χ2n) is 5.73. The van der Waals surface area contributed by atoms with E-state index in [2.05, 4.69) is 35.3 Å². The highest BCUT2D eigenvalue weighted by atomic mass is 16.5. The summed E-state index contributed by atoms with van der Waals surface area (Å²) in [6.07, 6.45) is 4.50. The van der Waals surface area contributed by atoms with Gasteiger partial charge in [-0.2, -0.15) is 5.10 Å². The largest absolute Gasteiger partial charge is 0.379 e. The topological polar surface area (TPSA) is 52.0 Å². The molecular formula is C16H26N4O. The van der Waals surface area contributed by atoms with Crippen molar-refractivity contribution in [2.45, 2.75) is 46.3 Å². The lowest BCUT2D eigenvalue weighted by Gasteiger charge is -2.08. The van der Waals surface area contributed by atoms with E-state index < -0.39 is 0 Å².